The Kier molecular flexibility index (Phi) is 9.32. The monoisotopic (exact) mass is 446 g/mol. The summed E-state index contributed by atoms with van der Waals surface area (Å²) in [7, 11) is -2.37. The molecule has 2 amide bonds. The van der Waals surface area contributed by atoms with E-state index in [2.05, 4.69) is 21.6 Å². The molecule has 31 heavy (non-hydrogen) atoms. The van der Waals surface area contributed by atoms with Crippen molar-refractivity contribution < 1.29 is 22.7 Å². The zero-order valence-corrected chi connectivity index (χ0v) is 18.0. The molecule has 2 rings (SSSR count). The van der Waals surface area contributed by atoms with Gasteiger partial charge >= 0.3 is 0 Å². The zero-order valence-electron chi connectivity index (χ0n) is 17.2. The molecule has 1 atom stereocenters. The summed E-state index contributed by atoms with van der Waals surface area (Å²) in [5.74, 6) is -1.03. The summed E-state index contributed by atoms with van der Waals surface area (Å²) in [6.45, 7) is 3.72. The van der Waals surface area contributed by atoms with Crippen LogP contribution in [0.5, 0.6) is 0 Å². The van der Waals surface area contributed by atoms with Crippen LogP contribution in [0, 0.1) is 0 Å². The van der Waals surface area contributed by atoms with E-state index < -0.39 is 34.4 Å². The average Bonchev–Trinajstić information content (AvgIpc) is 2.79. The smallest absolute Gasteiger partial charge is 0.247 e. The summed E-state index contributed by atoms with van der Waals surface area (Å²) in [6, 6.07) is 10.0. The van der Waals surface area contributed by atoms with Crippen molar-refractivity contribution in [2.24, 2.45) is 0 Å². The summed E-state index contributed by atoms with van der Waals surface area (Å²) in [6.07, 6.45) is 4.50. The van der Waals surface area contributed by atoms with E-state index >= 15 is 0 Å². The van der Waals surface area contributed by atoms with Gasteiger partial charge in [0.05, 0.1) is 18.0 Å². The van der Waals surface area contributed by atoms with E-state index in [0.29, 0.717) is 12.2 Å². The highest BCUT2D eigenvalue weighted by molar-refractivity contribution is 7.89. The summed E-state index contributed by atoms with van der Waals surface area (Å²) in [4.78, 5) is 31.2. The van der Waals surface area contributed by atoms with Gasteiger partial charge in [-0.15, -0.1) is 6.58 Å². The van der Waals surface area contributed by atoms with Crippen LogP contribution in [-0.4, -0.2) is 63.5 Å². The number of carbonyl (C=O) groups excluding carboxylic acids is 2. The number of rotatable bonds is 12. The van der Waals surface area contributed by atoms with Crippen LogP contribution >= 0.6 is 0 Å². The minimum Gasteiger partial charge on any atom is -0.383 e. The number of aromatic nitrogens is 1. The van der Waals surface area contributed by atoms with Crippen molar-refractivity contribution in [2.45, 2.75) is 10.9 Å². The Labute approximate surface area is 182 Å². The van der Waals surface area contributed by atoms with Crippen LogP contribution in [0.4, 0.5) is 0 Å². The first-order valence-corrected chi connectivity index (χ1v) is 11.0. The number of carbonyl (C=O) groups is 2. The summed E-state index contributed by atoms with van der Waals surface area (Å²) >= 11 is 0. The Balaban J connectivity index is 2.24. The number of pyridine rings is 1. The minimum atomic E-state index is -3.88. The van der Waals surface area contributed by atoms with Crippen molar-refractivity contribution in [1.29, 1.82) is 0 Å². The summed E-state index contributed by atoms with van der Waals surface area (Å²) < 4.78 is 32.2. The van der Waals surface area contributed by atoms with Crippen molar-refractivity contribution in [3.8, 4) is 0 Å². The van der Waals surface area contributed by atoms with E-state index in [1.165, 1.54) is 36.4 Å². The first-order valence-electron chi connectivity index (χ1n) is 9.52. The molecule has 0 saturated heterocycles. The van der Waals surface area contributed by atoms with Gasteiger partial charge in [-0.1, -0.05) is 30.3 Å². The molecule has 10 heteroatoms. The van der Waals surface area contributed by atoms with Crippen LogP contribution in [0.15, 0.2) is 72.4 Å². The second kappa shape index (κ2) is 11.9. The van der Waals surface area contributed by atoms with Crippen LogP contribution in [-0.2, 0) is 24.3 Å². The van der Waals surface area contributed by atoms with Gasteiger partial charge in [-0.2, -0.15) is 0 Å². The molecule has 2 N–H and O–H groups in total. The number of ether oxygens (including phenoxy) is 1. The van der Waals surface area contributed by atoms with Crippen molar-refractivity contribution in [3.63, 3.8) is 0 Å². The fourth-order valence-electron chi connectivity index (χ4n) is 2.82. The molecule has 0 aliphatic heterocycles. The van der Waals surface area contributed by atoms with Gasteiger partial charge in [0.25, 0.3) is 0 Å². The van der Waals surface area contributed by atoms with Crippen LogP contribution in [0.3, 0.4) is 0 Å². The van der Waals surface area contributed by atoms with Crippen molar-refractivity contribution in [1.82, 2.24) is 19.9 Å². The first kappa shape index (κ1) is 24.2. The molecule has 0 radical (unpaired) electrons. The number of hydrogen-bond donors (Lipinski definition) is 2. The highest BCUT2D eigenvalue weighted by Crippen LogP contribution is 2.21. The molecule has 2 aromatic rings. The van der Waals surface area contributed by atoms with Crippen LogP contribution in [0.25, 0.3) is 0 Å². The molecule has 0 unspecified atom stereocenters. The number of nitrogens with one attached hydrogen (secondary N) is 2. The SMILES string of the molecule is C=CCN(C(=O)CNS(=O)(=O)c1ccccc1)[C@H](C(=O)NCCOC)c1cccnc1. The van der Waals surface area contributed by atoms with Gasteiger partial charge in [0.15, 0.2) is 0 Å². The van der Waals surface area contributed by atoms with Gasteiger partial charge < -0.3 is 15.0 Å². The fraction of sp³-hybridized carbons (Fsp3) is 0.286. The van der Waals surface area contributed by atoms with E-state index in [4.69, 9.17) is 4.74 Å². The van der Waals surface area contributed by atoms with Gasteiger partial charge in [-0.05, 0) is 18.2 Å². The molecule has 0 aliphatic rings. The molecule has 0 aliphatic carbocycles. The quantitative estimate of drug-likeness (QED) is 0.369. The van der Waals surface area contributed by atoms with E-state index in [9.17, 15) is 18.0 Å². The van der Waals surface area contributed by atoms with Gasteiger partial charge in [0.2, 0.25) is 21.8 Å². The van der Waals surface area contributed by atoms with Crippen molar-refractivity contribution >= 4 is 21.8 Å². The second-order valence-electron chi connectivity index (χ2n) is 6.45. The Morgan fingerprint density at radius 2 is 1.97 bits per heavy atom. The number of methoxy groups -OCH3 is 1. The van der Waals surface area contributed by atoms with E-state index in [-0.39, 0.29) is 18.0 Å². The number of benzene rings is 1. The lowest BCUT2D eigenvalue weighted by Crippen LogP contribution is -2.47. The maximum atomic E-state index is 13.0. The Morgan fingerprint density at radius 1 is 1.23 bits per heavy atom. The Morgan fingerprint density at radius 3 is 2.58 bits per heavy atom. The number of sulfonamides is 1. The Bertz CT molecular complexity index is 968. The lowest BCUT2D eigenvalue weighted by molar-refractivity contribution is -0.139. The molecule has 1 heterocycles. The van der Waals surface area contributed by atoms with Gasteiger partial charge in [-0.3, -0.25) is 14.6 Å². The zero-order chi connectivity index (χ0) is 22.7. The maximum absolute atomic E-state index is 13.0. The number of hydrogen-bond acceptors (Lipinski definition) is 6. The summed E-state index contributed by atoms with van der Waals surface area (Å²) in [5, 5.41) is 2.72. The molecule has 166 valence electrons. The standard InChI is InChI=1S/C21H26N4O5S/c1-3-13-25(19(26)16-24-31(28,29)18-9-5-4-6-10-18)20(17-8-7-11-22-15-17)21(27)23-12-14-30-2/h3-11,15,20,24H,1,12-14,16H2,2H3,(H,23,27)/t20-/m0/s1. The highest BCUT2D eigenvalue weighted by Gasteiger charge is 2.31. The first-order chi connectivity index (χ1) is 14.9. The molecule has 9 nitrogen and oxygen atoms in total. The maximum Gasteiger partial charge on any atom is 0.247 e. The molecular formula is C21H26N4O5S. The number of nitrogens with zero attached hydrogens (tertiary/aromatic N) is 2. The van der Waals surface area contributed by atoms with Gasteiger partial charge in [-0.25, -0.2) is 13.1 Å². The second-order valence-corrected chi connectivity index (χ2v) is 8.21. The van der Waals surface area contributed by atoms with Gasteiger partial charge in [0, 0.05) is 38.2 Å². The molecule has 0 bridgehead atoms. The summed E-state index contributed by atoms with van der Waals surface area (Å²) in [5.41, 5.74) is 0.485. The third-order valence-electron chi connectivity index (χ3n) is 4.28. The largest absolute Gasteiger partial charge is 0.383 e. The van der Waals surface area contributed by atoms with Crippen LogP contribution in [0.2, 0.25) is 0 Å². The van der Waals surface area contributed by atoms with Gasteiger partial charge in [0.1, 0.15) is 6.04 Å². The molecule has 0 fully saturated rings. The average molecular weight is 447 g/mol. The van der Waals surface area contributed by atoms with Crippen LogP contribution in [0.1, 0.15) is 11.6 Å². The molecule has 0 saturated carbocycles. The topological polar surface area (TPSA) is 118 Å². The molecule has 1 aromatic carbocycles. The Hall–Kier alpha value is -3.08. The molecule has 1 aromatic heterocycles. The molecular weight excluding hydrogens is 420 g/mol. The minimum absolute atomic E-state index is 0.0309. The fourth-order valence-corrected chi connectivity index (χ4v) is 3.81. The van der Waals surface area contributed by atoms with E-state index in [1.54, 1.807) is 36.5 Å². The predicted molar refractivity (Wildman–Crippen MR) is 115 cm³/mol. The van der Waals surface area contributed by atoms with E-state index in [1.807, 2.05) is 0 Å². The predicted octanol–water partition coefficient (Wildman–Crippen LogP) is 0.878. The third kappa shape index (κ3) is 6.99. The lowest BCUT2D eigenvalue weighted by atomic mass is 10.1. The van der Waals surface area contributed by atoms with E-state index in [0.717, 1.165) is 0 Å². The number of amides is 2. The third-order valence-corrected chi connectivity index (χ3v) is 5.70. The van der Waals surface area contributed by atoms with Crippen molar-refractivity contribution in [2.75, 3.05) is 33.4 Å². The highest BCUT2D eigenvalue weighted by atomic mass is 32.2. The van der Waals surface area contributed by atoms with Crippen LogP contribution < -0.4 is 10.0 Å². The lowest BCUT2D eigenvalue weighted by Gasteiger charge is -2.30. The molecule has 0 spiro atoms. The normalized spacial score (nSPS) is 12.0. The van der Waals surface area contributed by atoms with Crippen molar-refractivity contribution in [3.05, 3.63) is 73.1 Å².